The van der Waals surface area contributed by atoms with Gasteiger partial charge in [-0.05, 0) is 26.0 Å². The molecular formula is C9H12Br2CoN2. The van der Waals surface area contributed by atoms with E-state index >= 15 is 0 Å². The first-order chi connectivity index (χ1) is 5.29. The first-order valence-corrected chi connectivity index (χ1v) is 3.73. The van der Waals surface area contributed by atoms with E-state index in [1.807, 2.05) is 32.0 Å². The Labute approximate surface area is 116 Å². The second kappa shape index (κ2) is 11.4. The van der Waals surface area contributed by atoms with Crippen molar-refractivity contribution in [3.05, 3.63) is 30.1 Å². The number of halogens is 2. The summed E-state index contributed by atoms with van der Waals surface area (Å²) in [7, 11) is 0. The molecule has 0 fully saturated rings. The van der Waals surface area contributed by atoms with E-state index in [2.05, 4.69) is 9.98 Å². The number of aromatic nitrogens is 1. The molecule has 0 N–H and O–H groups in total. The van der Waals surface area contributed by atoms with Crippen LogP contribution < -0.4 is 34.0 Å². The number of hydrogen-bond acceptors (Lipinski definition) is 2. The van der Waals surface area contributed by atoms with E-state index in [1.165, 1.54) is 0 Å². The summed E-state index contributed by atoms with van der Waals surface area (Å²) in [6.45, 7) is 4.08. The number of nitrogens with zero attached hydrogens (tertiary/aromatic N) is 2. The molecule has 0 atom stereocenters. The van der Waals surface area contributed by atoms with Crippen LogP contribution in [0.25, 0.3) is 0 Å². The standard InChI is InChI=1S/C9H12N2.2BrH.Co/c1-8(2)11-7-9-5-3-4-6-10-9;;;/h3-8H,1-2H3;2*1H;/q;;;+2/p-2. The van der Waals surface area contributed by atoms with Crippen LogP contribution in [0.15, 0.2) is 29.4 Å². The molecule has 1 heterocycles. The van der Waals surface area contributed by atoms with Crippen molar-refractivity contribution in [2.45, 2.75) is 19.9 Å². The number of pyridine rings is 1. The largest absolute Gasteiger partial charge is 2.00 e. The van der Waals surface area contributed by atoms with Gasteiger partial charge in [0.1, 0.15) is 0 Å². The Morgan fingerprint density at radius 1 is 1.29 bits per heavy atom. The molecule has 1 aromatic heterocycles. The zero-order chi connectivity index (χ0) is 8.10. The smallest absolute Gasteiger partial charge is 1.00 e. The number of rotatable bonds is 2. The molecule has 0 aliphatic heterocycles. The Kier molecular flexibility index (Phi) is 16.1. The van der Waals surface area contributed by atoms with Crippen molar-refractivity contribution in [2.75, 3.05) is 0 Å². The van der Waals surface area contributed by atoms with Crippen molar-refractivity contribution in [1.82, 2.24) is 4.98 Å². The molecule has 1 aromatic rings. The Morgan fingerprint density at radius 3 is 2.36 bits per heavy atom. The van der Waals surface area contributed by atoms with E-state index in [0.717, 1.165) is 5.69 Å². The topological polar surface area (TPSA) is 25.2 Å². The van der Waals surface area contributed by atoms with Gasteiger partial charge in [-0.2, -0.15) is 0 Å². The minimum absolute atomic E-state index is 0. The Hall–Kier alpha value is 0.286. The first kappa shape index (κ1) is 19.8. The predicted molar refractivity (Wildman–Crippen MR) is 47.0 cm³/mol. The third-order valence-corrected chi connectivity index (χ3v) is 1.19. The van der Waals surface area contributed by atoms with E-state index in [-0.39, 0.29) is 50.7 Å². The van der Waals surface area contributed by atoms with Crippen molar-refractivity contribution in [2.24, 2.45) is 4.99 Å². The van der Waals surface area contributed by atoms with E-state index in [9.17, 15) is 0 Å². The molecule has 2 nitrogen and oxygen atoms in total. The minimum Gasteiger partial charge on any atom is -1.00 e. The molecule has 1 radical (unpaired) electrons. The van der Waals surface area contributed by atoms with E-state index in [1.54, 1.807) is 12.4 Å². The van der Waals surface area contributed by atoms with Gasteiger partial charge >= 0.3 is 16.8 Å². The summed E-state index contributed by atoms with van der Waals surface area (Å²) in [6.07, 6.45) is 3.56. The van der Waals surface area contributed by atoms with Gasteiger partial charge < -0.3 is 34.0 Å². The Morgan fingerprint density at radius 2 is 1.93 bits per heavy atom. The average Bonchev–Trinajstić information content (AvgIpc) is 2.03. The van der Waals surface area contributed by atoms with Crippen molar-refractivity contribution >= 4 is 6.21 Å². The molecule has 81 valence electrons. The molecular weight excluding hydrogens is 355 g/mol. The van der Waals surface area contributed by atoms with Crippen LogP contribution in [0.5, 0.6) is 0 Å². The maximum absolute atomic E-state index is 4.21. The van der Waals surface area contributed by atoms with Gasteiger partial charge in [0.25, 0.3) is 0 Å². The second-order valence-electron chi connectivity index (χ2n) is 2.63. The van der Waals surface area contributed by atoms with E-state index < -0.39 is 0 Å². The fraction of sp³-hybridized carbons (Fsp3) is 0.333. The summed E-state index contributed by atoms with van der Waals surface area (Å²) in [5.74, 6) is 0. The number of aliphatic imine (C=N–C) groups is 1. The molecule has 5 heteroatoms. The summed E-state index contributed by atoms with van der Waals surface area (Å²) < 4.78 is 0. The summed E-state index contributed by atoms with van der Waals surface area (Å²) >= 11 is 0. The van der Waals surface area contributed by atoms with Crippen LogP contribution in [0.3, 0.4) is 0 Å². The van der Waals surface area contributed by atoms with Crippen LogP contribution in [0.1, 0.15) is 19.5 Å². The molecule has 0 aliphatic rings. The second-order valence-corrected chi connectivity index (χ2v) is 2.63. The molecule has 0 aliphatic carbocycles. The molecule has 0 amide bonds. The molecule has 0 saturated carbocycles. The van der Waals surface area contributed by atoms with Crippen molar-refractivity contribution in [1.29, 1.82) is 0 Å². The van der Waals surface area contributed by atoms with Gasteiger partial charge in [0.15, 0.2) is 0 Å². The van der Waals surface area contributed by atoms with Gasteiger partial charge in [0.05, 0.1) is 5.69 Å². The van der Waals surface area contributed by atoms with Crippen LogP contribution in [0.4, 0.5) is 0 Å². The van der Waals surface area contributed by atoms with Gasteiger partial charge in [0, 0.05) is 18.5 Å². The van der Waals surface area contributed by atoms with Crippen molar-refractivity contribution in [3.63, 3.8) is 0 Å². The van der Waals surface area contributed by atoms with E-state index in [4.69, 9.17) is 0 Å². The third kappa shape index (κ3) is 8.87. The summed E-state index contributed by atoms with van der Waals surface area (Å²) in [5.41, 5.74) is 0.918. The van der Waals surface area contributed by atoms with Crippen molar-refractivity contribution < 1.29 is 50.7 Å². The molecule has 0 aromatic carbocycles. The third-order valence-electron chi connectivity index (χ3n) is 1.19. The Balaban J connectivity index is -0.000000403. The van der Waals surface area contributed by atoms with Gasteiger partial charge in [-0.15, -0.1) is 0 Å². The maximum atomic E-state index is 4.21. The Bertz CT molecular complexity index is 240. The van der Waals surface area contributed by atoms with Crippen LogP contribution in [-0.4, -0.2) is 17.2 Å². The van der Waals surface area contributed by atoms with E-state index in [0.29, 0.717) is 6.04 Å². The summed E-state index contributed by atoms with van der Waals surface area (Å²) in [5, 5.41) is 0. The average molecular weight is 367 g/mol. The molecule has 0 saturated heterocycles. The monoisotopic (exact) mass is 365 g/mol. The predicted octanol–water partition coefficient (Wildman–Crippen LogP) is -4.09. The molecule has 1 rings (SSSR count). The van der Waals surface area contributed by atoms with Crippen molar-refractivity contribution in [3.8, 4) is 0 Å². The normalized spacial score (nSPS) is 8.79. The fourth-order valence-corrected chi connectivity index (χ4v) is 0.678. The van der Waals surface area contributed by atoms with Crippen LogP contribution in [0.2, 0.25) is 0 Å². The van der Waals surface area contributed by atoms with Crippen LogP contribution in [0, 0.1) is 0 Å². The SMILES string of the molecule is CC(C)N=Cc1ccccn1.[Br-].[Br-].[Co+2]. The van der Waals surface area contributed by atoms with Gasteiger partial charge in [-0.3, -0.25) is 9.98 Å². The van der Waals surface area contributed by atoms with Gasteiger partial charge in [-0.25, -0.2) is 0 Å². The molecule has 14 heavy (non-hydrogen) atoms. The fourth-order valence-electron chi connectivity index (χ4n) is 0.678. The number of hydrogen-bond donors (Lipinski definition) is 0. The minimum atomic E-state index is 0. The molecule has 0 bridgehead atoms. The quantitative estimate of drug-likeness (QED) is 0.489. The zero-order valence-corrected chi connectivity index (χ0v) is 12.2. The van der Waals surface area contributed by atoms with Crippen LogP contribution in [-0.2, 0) is 16.8 Å². The maximum Gasteiger partial charge on any atom is 2.00 e. The summed E-state index contributed by atoms with van der Waals surface area (Å²) in [6, 6.07) is 6.13. The van der Waals surface area contributed by atoms with Gasteiger partial charge in [0.2, 0.25) is 0 Å². The molecule has 0 spiro atoms. The first-order valence-electron chi connectivity index (χ1n) is 3.73. The van der Waals surface area contributed by atoms with Gasteiger partial charge in [-0.1, -0.05) is 6.07 Å². The summed E-state index contributed by atoms with van der Waals surface area (Å²) in [4.78, 5) is 8.31. The zero-order valence-electron chi connectivity index (χ0n) is 7.95. The molecule has 0 unspecified atom stereocenters. The van der Waals surface area contributed by atoms with Crippen LogP contribution >= 0.6 is 0 Å².